The van der Waals surface area contributed by atoms with Crippen molar-refractivity contribution in [3.05, 3.63) is 54.4 Å². The van der Waals surface area contributed by atoms with Crippen molar-refractivity contribution in [3.8, 4) is 0 Å². The predicted molar refractivity (Wildman–Crippen MR) is 71.2 cm³/mol. The van der Waals surface area contributed by atoms with Crippen LogP contribution in [-0.4, -0.2) is 28.5 Å². The Morgan fingerprint density at radius 2 is 1.84 bits per heavy atom. The number of carboxylic acid groups (broad SMARTS) is 1. The van der Waals surface area contributed by atoms with Gasteiger partial charge in [0, 0.05) is 18.4 Å². The number of H-pyrrole nitrogens is 1. The van der Waals surface area contributed by atoms with Gasteiger partial charge in [-0.2, -0.15) is 0 Å². The van der Waals surface area contributed by atoms with Gasteiger partial charge in [0.2, 0.25) is 0 Å². The molecule has 0 fully saturated rings. The molecule has 0 aliphatic rings. The molecular weight excluding hydrogens is 244 g/mol. The Bertz CT molecular complexity index is 549. The van der Waals surface area contributed by atoms with Gasteiger partial charge in [-0.3, -0.25) is 9.59 Å². The molecule has 0 spiro atoms. The Labute approximate surface area is 110 Å². The number of hydrogen-bond acceptors (Lipinski definition) is 2. The minimum Gasteiger partial charge on any atom is -0.481 e. The zero-order valence-electron chi connectivity index (χ0n) is 10.2. The fourth-order valence-corrected chi connectivity index (χ4v) is 1.77. The van der Waals surface area contributed by atoms with Crippen molar-refractivity contribution >= 4 is 17.6 Å². The molecule has 98 valence electrons. The molecule has 1 heterocycles. The summed E-state index contributed by atoms with van der Waals surface area (Å²) in [7, 11) is 0. The molecule has 2 rings (SSSR count). The Kier molecular flexibility index (Phi) is 3.97. The number of carboxylic acids is 1. The zero-order valence-corrected chi connectivity index (χ0v) is 10.2. The summed E-state index contributed by atoms with van der Waals surface area (Å²) in [6.07, 6.45) is 1.56. The maximum Gasteiger partial charge on any atom is 0.305 e. The molecule has 0 aliphatic carbocycles. The zero-order chi connectivity index (χ0) is 13.7. The number of rotatable bonds is 5. The third-order valence-corrected chi connectivity index (χ3v) is 2.69. The van der Waals surface area contributed by atoms with Crippen LogP contribution in [0.25, 0.3) is 0 Å². The van der Waals surface area contributed by atoms with Gasteiger partial charge in [-0.15, -0.1) is 0 Å². The van der Waals surface area contributed by atoms with Crippen LogP contribution in [0.1, 0.15) is 16.9 Å². The van der Waals surface area contributed by atoms with E-state index in [4.69, 9.17) is 5.11 Å². The summed E-state index contributed by atoms with van der Waals surface area (Å²) in [5, 5.41) is 8.78. The van der Waals surface area contributed by atoms with E-state index < -0.39 is 5.97 Å². The van der Waals surface area contributed by atoms with Crippen molar-refractivity contribution in [2.75, 3.05) is 11.4 Å². The van der Waals surface area contributed by atoms with Crippen LogP contribution in [0.3, 0.4) is 0 Å². The van der Waals surface area contributed by atoms with Crippen LogP contribution in [0.2, 0.25) is 0 Å². The number of para-hydroxylation sites is 1. The monoisotopic (exact) mass is 258 g/mol. The second-order valence-electron chi connectivity index (χ2n) is 4.02. The minimum absolute atomic E-state index is 0.0959. The van der Waals surface area contributed by atoms with Gasteiger partial charge < -0.3 is 15.0 Å². The van der Waals surface area contributed by atoms with Crippen molar-refractivity contribution < 1.29 is 14.7 Å². The number of hydrogen-bond donors (Lipinski definition) is 2. The number of carbonyl (C=O) groups excluding carboxylic acids is 1. The highest BCUT2D eigenvalue weighted by Crippen LogP contribution is 2.16. The lowest BCUT2D eigenvalue weighted by atomic mass is 10.2. The SMILES string of the molecule is O=C(O)CCN(C(=O)c1ccc[nH]1)c1ccccc1. The number of benzene rings is 1. The van der Waals surface area contributed by atoms with Crippen LogP contribution in [0.4, 0.5) is 5.69 Å². The van der Waals surface area contributed by atoms with E-state index in [-0.39, 0.29) is 18.9 Å². The lowest BCUT2D eigenvalue weighted by Gasteiger charge is -2.21. The number of nitrogens with one attached hydrogen (secondary N) is 1. The van der Waals surface area contributed by atoms with E-state index in [0.29, 0.717) is 11.4 Å². The van der Waals surface area contributed by atoms with E-state index in [1.165, 1.54) is 4.90 Å². The summed E-state index contributed by atoms with van der Waals surface area (Å²) in [5.41, 5.74) is 1.12. The summed E-state index contributed by atoms with van der Waals surface area (Å²) in [6.45, 7) is 0.136. The lowest BCUT2D eigenvalue weighted by Crippen LogP contribution is -2.33. The van der Waals surface area contributed by atoms with Crippen molar-refractivity contribution in [3.63, 3.8) is 0 Å². The molecule has 1 aromatic heterocycles. The first-order valence-electron chi connectivity index (χ1n) is 5.90. The summed E-state index contributed by atoms with van der Waals surface area (Å²) in [4.78, 5) is 27.3. The average molecular weight is 258 g/mol. The van der Waals surface area contributed by atoms with Gasteiger partial charge in [0.05, 0.1) is 6.42 Å². The van der Waals surface area contributed by atoms with Gasteiger partial charge >= 0.3 is 5.97 Å². The van der Waals surface area contributed by atoms with Crippen LogP contribution in [0.15, 0.2) is 48.7 Å². The molecule has 1 amide bonds. The average Bonchev–Trinajstić information content (AvgIpc) is 2.93. The summed E-state index contributed by atoms with van der Waals surface area (Å²) >= 11 is 0. The van der Waals surface area contributed by atoms with Gasteiger partial charge in [-0.25, -0.2) is 0 Å². The normalized spacial score (nSPS) is 10.1. The van der Waals surface area contributed by atoms with Crippen LogP contribution >= 0.6 is 0 Å². The van der Waals surface area contributed by atoms with Gasteiger partial charge in [-0.1, -0.05) is 18.2 Å². The third kappa shape index (κ3) is 3.22. The van der Waals surface area contributed by atoms with Crippen molar-refractivity contribution in [1.82, 2.24) is 4.98 Å². The number of aliphatic carboxylic acids is 1. The molecule has 19 heavy (non-hydrogen) atoms. The summed E-state index contributed by atoms with van der Waals surface area (Å²) in [5.74, 6) is -1.17. The Balaban J connectivity index is 2.24. The van der Waals surface area contributed by atoms with Crippen molar-refractivity contribution in [2.24, 2.45) is 0 Å². The second-order valence-corrected chi connectivity index (χ2v) is 4.02. The standard InChI is InChI=1S/C14H14N2O3/c17-13(18)8-10-16(11-5-2-1-3-6-11)14(19)12-7-4-9-15-12/h1-7,9,15H,8,10H2,(H,17,18). The largest absolute Gasteiger partial charge is 0.481 e. The maximum absolute atomic E-state index is 12.3. The van der Waals surface area contributed by atoms with E-state index in [9.17, 15) is 9.59 Å². The smallest absolute Gasteiger partial charge is 0.305 e. The highest BCUT2D eigenvalue weighted by Gasteiger charge is 2.18. The Morgan fingerprint density at radius 1 is 1.11 bits per heavy atom. The number of anilines is 1. The first kappa shape index (κ1) is 12.9. The molecule has 0 radical (unpaired) electrons. The van der Waals surface area contributed by atoms with E-state index in [0.717, 1.165) is 0 Å². The number of nitrogens with zero attached hydrogens (tertiary/aromatic N) is 1. The van der Waals surface area contributed by atoms with Gasteiger partial charge in [0.15, 0.2) is 0 Å². The van der Waals surface area contributed by atoms with E-state index in [1.807, 2.05) is 18.2 Å². The molecule has 0 saturated heterocycles. The molecule has 0 atom stereocenters. The molecule has 2 N–H and O–H groups in total. The van der Waals surface area contributed by atoms with Crippen molar-refractivity contribution in [1.29, 1.82) is 0 Å². The lowest BCUT2D eigenvalue weighted by molar-refractivity contribution is -0.136. The van der Waals surface area contributed by atoms with E-state index >= 15 is 0 Å². The maximum atomic E-state index is 12.3. The Hall–Kier alpha value is -2.56. The highest BCUT2D eigenvalue weighted by molar-refractivity contribution is 6.05. The molecule has 5 nitrogen and oxygen atoms in total. The van der Waals surface area contributed by atoms with Gasteiger partial charge in [-0.05, 0) is 24.3 Å². The van der Waals surface area contributed by atoms with Crippen LogP contribution < -0.4 is 4.90 Å². The fourth-order valence-electron chi connectivity index (χ4n) is 1.77. The molecule has 2 aromatic rings. The topological polar surface area (TPSA) is 73.4 Å². The molecule has 0 bridgehead atoms. The molecule has 5 heteroatoms. The van der Waals surface area contributed by atoms with Crippen LogP contribution in [0.5, 0.6) is 0 Å². The van der Waals surface area contributed by atoms with Gasteiger partial charge in [0.1, 0.15) is 5.69 Å². The fraction of sp³-hybridized carbons (Fsp3) is 0.143. The summed E-state index contributed by atoms with van der Waals surface area (Å²) in [6, 6.07) is 12.4. The molecule has 0 saturated carbocycles. The molecular formula is C14H14N2O3. The number of amides is 1. The molecule has 0 unspecified atom stereocenters. The second kappa shape index (κ2) is 5.86. The first-order chi connectivity index (χ1) is 9.18. The highest BCUT2D eigenvalue weighted by atomic mass is 16.4. The van der Waals surface area contributed by atoms with Crippen LogP contribution in [0, 0.1) is 0 Å². The number of aromatic amines is 1. The van der Waals surface area contributed by atoms with E-state index in [1.54, 1.807) is 30.5 Å². The predicted octanol–water partition coefficient (Wildman–Crippen LogP) is 2.14. The van der Waals surface area contributed by atoms with Crippen LogP contribution in [-0.2, 0) is 4.79 Å². The summed E-state index contributed by atoms with van der Waals surface area (Å²) < 4.78 is 0. The first-order valence-corrected chi connectivity index (χ1v) is 5.90. The number of aromatic nitrogens is 1. The third-order valence-electron chi connectivity index (χ3n) is 2.69. The molecule has 1 aromatic carbocycles. The quantitative estimate of drug-likeness (QED) is 0.862. The van der Waals surface area contributed by atoms with Gasteiger partial charge in [0.25, 0.3) is 5.91 Å². The molecule has 0 aliphatic heterocycles. The Morgan fingerprint density at radius 3 is 2.42 bits per heavy atom. The number of carbonyl (C=O) groups is 2. The van der Waals surface area contributed by atoms with E-state index in [2.05, 4.69) is 4.98 Å². The van der Waals surface area contributed by atoms with Crippen molar-refractivity contribution in [2.45, 2.75) is 6.42 Å². The minimum atomic E-state index is -0.930.